The molecule has 2 atom stereocenters. The lowest BCUT2D eigenvalue weighted by atomic mass is 10.0. The van der Waals surface area contributed by atoms with Gasteiger partial charge in [0.05, 0.1) is 12.8 Å². The van der Waals surface area contributed by atoms with Crippen molar-refractivity contribution in [2.45, 2.75) is 31.5 Å². The van der Waals surface area contributed by atoms with E-state index in [0.29, 0.717) is 19.4 Å². The molecular weight excluding hydrogens is 323 g/mol. The van der Waals surface area contributed by atoms with E-state index in [1.165, 1.54) is 24.2 Å². The zero-order valence-electron chi connectivity index (χ0n) is 14.1. The minimum absolute atomic E-state index is 0.0494. The summed E-state index contributed by atoms with van der Waals surface area (Å²) in [5.74, 6) is -0.589. The van der Waals surface area contributed by atoms with Crippen molar-refractivity contribution in [2.75, 3.05) is 13.1 Å². The third kappa shape index (κ3) is 4.26. The van der Waals surface area contributed by atoms with Crippen LogP contribution >= 0.6 is 0 Å². The Labute approximate surface area is 145 Å². The molecule has 1 N–H and O–H groups in total. The van der Waals surface area contributed by atoms with Gasteiger partial charge in [0.15, 0.2) is 5.76 Å². The molecule has 0 bridgehead atoms. The Bertz CT molecular complexity index is 728. The van der Waals surface area contributed by atoms with Gasteiger partial charge < -0.3 is 14.6 Å². The van der Waals surface area contributed by atoms with Gasteiger partial charge in [-0.15, -0.1) is 0 Å². The smallest absolute Gasteiger partial charge is 0.287 e. The van der Waals surface area contributed by atoms with Crippen molar-refractivity contribution in [3.63, 3.8) is 0 Å². The molecule has 3 rings (SSSR count). The Morgan fingerprint density at radius 3 is 2.64 bits per heavy atom. The molecule has 1 aromatic heterocycles. The minimum atomic E-state index is -1.38. The number of carbonyl (C=O) groups is 2. The molecule has 2 heterocycles. The third-order valence-corrected chi connectivity index (χ3v) is 4.37. The predicted molar refractivity (Wildman–Crippen MR) is 90.8 cm³/mol. The van der Waals surface area contributed by atoms with Crippen LogP contribution in [-0.4, -0.2) is 41.5 Å². The summed E-state index contributed by atoms with van der Waals surface area (Å²) in [6.07, 6.45) is 2.05. The van der Waals surface area contributed by atoms with Gasteiger partial charge in [0, 0.05) is 19.4 Å². The van der Waals surface area contributed by atoms with Crippen molar-refractivity contribution in [2.24, 2.45) is 0 Å². The van der Waals surface area contributed by atoms with Gasteiger partial charge in [0.1, 0.15) is 11.7 Å². The Hall–Kier alpha value is -2.63. The number of amides is 2. The van der Waals surface area contributed by atoms with Crippen LogP contribution in [0.3, 0.4) is 0 Å². The van der Waals surface area contributed by atoms with Crippen LogP contribution in [0.1, 0.15) is 29.5 Å². The van der Waals surface area contributed by atoms with E-state index in [-0.39, 0.29) is 18.2 Å². The fraction of sp³-hybridized carbons (Fsp3) is 0.368. The lowest BCUT2D eigenvalue weighted by Gasteiger charge is -2.24. The van der Waals surface area contributed by atoms with E-state index in [2.05, 4.69) is 5.32 Å². The van der Waals surface area contributed by atoms with Crippen LogP contribution in [-0.2, 0) is 11.2 Å². The van der Waals surface area contributed by atoms with Crippen LogP contribution in [0.5, 0.6) is 0 Å². The molecule has 2 aromatic rings. The molecule has 0 aliphatic carbocycles. The topological polar surface area (TPSA) is 62.6 Å². The average molecular weight is 344 g/mol. The number of hydrogen-bond donors (Lipinski definition) is 1. The fourth-order valence-electron chi connectivity index (χ4n) is 3.02. The van der Waals surface area contributed by atoms with E-state index < -0.39 is 17.6 Å². The van der Waals surface area contributed by atoms with Crippen molar-refractivity contribution in [3.05, 3.63) is 60.1 Å². The molecule has 0 unspecified atom stereocenters. The van der Waals surface area contributed by atoms with Crippen LogP contribution in [0.4, 0.5) is 4.39 Å². The highest BCUT2D eigenvalue weighted by molar-refractivity contribution is 5.95. The van der Waals surface area contributed by atoms with Gasteiger partial charge in [-0.05, 0) is 24.6 Å². The van der Waals surface area contributed by atoms with Crippen LogP contribution in [0, 0.1) is 0 Å². The fourth-order valence-corrected chi connectivity index (χ4v) is 3.02. The molecule has 1 aliphatic heterocycles. The molecule has 1 aromatic carbocycles. The maximum Gasteiger partial charge on any atom is 0.287 e. The third-order valence-electron chi connectivity index (χ3n) is 4.37. The molecule has 1 saturated heterocycles. The Balaban J connectivity index is 1.76. The van der Waals surface area contributed by atoms with Crippen LogP contribution in [0.15, 0.2) is 53.1 Å². The predicted octanol–water partition coefficient (Wildman–Crippen LogP) is 2.58. The number of rotatable bonds is 5. The van der Waals surface area contributed by atoms with E-state index in [4.69, 9.17) is 4.42 Å². The van der Waals surface area contributed by atoms with Gasteiger partial charge in [0.25, 0.3) is 5.91 Å². The molecule has 0 radical (unpaired) electrons. The maximum atomic E-state index is 14.1. The molecule has 132 valence electrons. The first-order chi connectivity index (χ1) is 11.9. The van der Waals surface area contributed by atoms with Crippen LogP contribution in [0.25, 0.3) is 0 Å². The van der Waals surface area contributed by atoms with E-state index in [9.17, 15) is 14.0 Å². The van der Waals surface area contributed by atoms with E-state index in [0.717, 1.165) is 5.56 Å². The number of hydrogen-bond acceptors (Lipinski definition) is 3. The summed E-state index contributed by atoms with van der Waals surface area (Å²) in [5, 5.41) is 2.73. The second-order valence-electron chi connectivity index (χ2n) is 6.62. The number of benzene rings is 1. The molecule has 2 amide bonds. The Morgan fingerprint density at radius 1 is 1.28 bits per heavy atom. The summed E-state index contributed by atoms with van der Waals surface area (Å²) in [5.41, 5.74) is -0.458. The van der Waals surface area contributed by atoms with Crippen molar-refractivity contribution in [3.8, 4) is 0 Å². The maximum absolute atomic E-state index is 14.1. The lowest BCUT2D eigenvalue weighted by molar-refractivity contribution is -0.132. The van der Waals surface area contributed by atoms with Crippen molar-refractivity contribution >= 4 is 11.8 Å². The molecule has 1 fully saturated rings. The van der Waals surface area contributed by atoms with Gasteiger partial charge in [-0.1, -0.05) is 30.3 Å². The second-order valence-corrected chi connectivity index (χ2v) is 6.62. The van der Waals surface area contributed by atoms with E-state index >= 15 is 0 Å². The molecule has 1 aliphatic rings. The molecule has 25 heavy (non-hydrogen) atoms. The molecule has 5 nitrogen and oxygen atoms in total. The van der Waals surface area contributed by atoms with Gasteiger partial charge in [0.2, 0.25) is 5.91 Å². The highest BCUT2D eigenvalue weighted by atomic mass is 19.1. The first-order valence-corrected chi connectivity index (χ1v) is 8.31. The van der Waals surface area contributed by atoms with Gasteiger partial charge in [-0.25, -0.2) is 4.39 Å². The molecule has 0 spiro atoms. The number of furan rings is 1. The molecule has 6 heteroatoms. The van der Waals surface area contributed by atoms with E-state index in [1.54, 1.807) is 6.07 Å². The monoisotopic (exact) mass is 344 g/mol. The van der Waals surface area contributed by atoms with Gasteiger partial charge >= 0.3 is 0 Å². The van der Waals surface area contributed by atoms with Crippen molar-refractivity contribution in [1.82, 2.24) is 10.2 Å². The summed E-state index contributed by atoms with van der Waals surface area (Å²) in [6.45, 7) is 1.90. The highest BCUT2D eigenvalue weighted by Crippen LogP contribution is 2.25. The standard InChI is InChI=1S/C19H21FN2O3/c1-19(20)9-10-22(13-19)18(24)15(12-14-6-3-2-4-7-14)21-17(23)16-8-5-11-25-16/h2-8,11,15H,9-10,12-13H2,1H3,(H,21,23)/t15-,19-/m1/s1. The van der Waals surface area contributed by atoms with E-state index in [1.807, 2.05) is 30.3 Å². The molecule has 0 saturated carbocycles. The summed E-state index contributed by atoms with van der Waals surface area (Å²) in [6, 6.07) is 11.8. The van der Waals surface area contributed by atoms with Crippen molar-refractivity contribution < 1.29 is 18.4 Å². The molecular formula is C19H21FN2O3. The number of nitrogens with zero attached hydrogens (tertiary/aromatic N) is 1. The van der Waals surface area contributed by atoms with Gasteiger partial charge in [-0.3, -0.25) is 9.59 Å². The SMILES string of the molecule is C[C@@]1(F)CCN(C(=O)[C@@H](Cc2ccccc2)NC(=O)c2ccco2)C1. The summed E-state index contributed by atoms with van der Waals surface area (Å²) >= 11 is 0. The minimum Gasteiger partial charge on any atom is -0.459 e. The second kappa shape index (κ2) is 7.09. The van der Waals surface area contributed by atoms with Crippen LogP contribution < -0.4 is 5.32 Å². The number of halogens is 1. The van der Waals surface area contributed by atoms with Gasteiger partial charge in [-0.2, -0.15) is 0 Å². The Kier molecular flexibility index (Phi) is 4.88. The number of nitrogens with one attached hydrogen (secondary N) is 1. The number of likely N-dealkylation sites (tertiary alicyclic amines) is 1. The zero-order valence-corrected chi connectivity index (χ0v) is 14.1. The largest absolute Gasteiger partial charge is 0.459 e. The first kappa shape index (κ1) is 17.2. The quantitative estimate of drug-likeness (QED) is 0.907. The first-order valence-electron chi connectivity index (χ1n) is 8.31. The summed E-state index contributed by atoms with van der Waals surface area (Å²) in [7, 11) is 0. The Morgan fingerprint density at radius 2 is 2.04 bits per heavy atom. The van der Waals surface area contributed by atoms with Crippen LogP contribution in [0.2, 0.25) is 0 Å². The average Bonchev–Trinajstić information content (AvgIpc) is 3.24. The number of alkyl halides is 1. The van der Waals surface area contributed by atoms with Crippen molar-refractivity contribution in [1.29, 1.82) is 0 Å². The number of carbonyl (C=O) groups excluding carboxylic acids is 2. The zero-order chi connectivity index (χ0) is 17.9. The normalized spacial score (nSPS) is 21.1. The summed E-state index contributed by atoms with van der Waals surface area (Å²) < 4.78 is 19.2. The lowest BCUT2D eigenvalue weighted by Crippen LogP contribution is -2.49. The summed E-state index contributed by atoms with van der Waals surface area (Å²) in [4.78, 5) is 26.6. The highest BCUT2D eigenvalue weighted by Gasteiger charge is 2.38.